The van der Waals surface area contributed by atoms with Crippen LogP contribution in [0, 0.1) is 0 Å². The Bertz CT molecular complexity index is 1210. The zero-order chi connectivity index (χ0) is 24.7. The minimum absolute atomic E-state index is 0.108. The molecule has 0 saturated carbocycles. The Balaban J connectivity index is 1.53. The van der Waals surface area contributed by atoms with Crippen LogP contribution in [0.3, 0.4) is 0 Å². The van der Waals surface area contributed by atoms with Gasteiger partial charge >= 0.3 is 0 Å². The van der Waals surface area contributed by atoms with Gasteiger partial charge in [-0.1, -0.05) is 18.2 Å². The number of anilines is 3. The number of rotatable bonds is 9. The average Bonchev–Trinajstić information content (AvgIpc) is 2.89. The molecule has 3 aromatic carbocycles. The van der Waals surface area contributed by atoms with Crippen molar-refractivity contribution in [1.82, 2.24) is 0 Å². The van der Waals surface area contributed by atoms with E-state index in [4.69, 9.17) is 9.47 Å². The van der Waals surface area contributed by atoms with Crippen LogP contribution in [0.4, 0.5) is 17.1 Å². The van der Waals surface area contributed by atoms with Crippen molar-refractivity contribution in [2.45, 2.75) is 11.8 Å². The number of benzene rings is 3. The third-order valence-electron chi connectivity index (χ3n) is 5.58. The zero-order valence-electron chi connectivity index (χ0n) is 19.6. The van der Waals surface area contributed by atoms with E-state index in [0.29, 0.717) is 36.9 Å². The van der Waals surface area contributed by atoms with Crippen LogP contribution in [0.2, 0.25) is 0 Å². The Kier molecular flexibility index (Phi) is 7.89. The summed E-state index contributed by atoms with van der Waals surface area (Å²) in [6, 6.07) is 22.2. The second-order valence-electron chi connectivity index (χ2n) is 7.95. The van der Waals surface area contributed by atoms with Gasteiger partial charge < -0.3 is 19.7 Å². The van der Waals surface area contributed by atoms with Crippen molar-refractivity contribution >= 4 is 33.0 Å². The summed E-state index contributed by atoms with van der Waals surface area (Å²) in [4.78, 5) is 15.3. The number of ether oxygens (including phenoxy) is 2. The van der Waals surface area contributed by atoms with Crippen LogP contribution in [-0.4, -0.2) is 53.8 Å². The molecule has 1 aliphatic heterocycles. The molecule has 0 bridgehead atoms. The summed E-state index contributed by atoms with van der Waals surface area (Å²) < 4.78 is 38.9. The monoisotopic (exact) mass is 495 g/mol. The maximum Gasteiger partial charge on any atom is 0.264 e. The first kappa shape index (κ1) is 24.6. The summed E-state index contributed by atoms with van der Waals surface area (Å²) in [6.07, 6.45) is 0. The normalized spacial score (nSPS) is 13.8. The number of sulfonamides is 1. The van der Waals surface area contributed by atoms with E-state index in [-0.39, 0.29) is 11.4 Å². The number of hydrogen-bond donors (Lipinski definition) is 1. The summed E-state index contributed by atoms with van der Waals surface area (Å²) >= 11 is 0. The van der Waals surface area contributed by atoms with E-state index in [1.807, 2.05) is 31.2 Å². The second kappa shape index (κ2) is 11.2. The quantitative estimate of drug-likeness (QED) is 0.486. The molecule has 35 heavy (non-hydrogen) atoms. The SMILES string of the molecule is CCOc1ccc(N(CC(=O)Nc2ccc(N3CCOCC3)cc2)S(=O)(=O)c2ccccc2)cc1. The molecule has 184 valence electrons. The summed E-state index contributed by atoms with van der Waals surface area (Å²) in [6.45, 7) is 5.01. The van der Waals surface area contributed by atoms with Crippen LogP contribution in [-0.2, 0) is 19.6 Å². The fourth-order valence-electron chi connectivity index (χ4n) is 3.82. The van der Waals surface area contributed by atoms with Crippen molar-refractivity contribution in [3.8, 4) is 5.75 Å². The molecule has 8 nitrogen and oxygen atoms in total. The molecule has 0 aromatic heterocycles. The minimum Gasteiger partial charge on any atom is -0.494 e. The van der Waals surface area contributed by atoms with Crippen LogP contribution >= 0.6 is 0 Å². The fraction of sp³-hybridized carbons (Fsp3) is 0.269. The Hall–Kier alpha value is -3.56. The molecular formula is C26H29N3O5S. The third-order valence-corrected chi connectivity index (χ3v) is 7.37. The van der Waals surface area contributed by atoms with E-state index < -0.39 is 15.9 Å². The summed E-state index contributed by atoms with van der Waals surface area (Å²) in [5.74, 6) is 0.177. The average molecular weight is 496 g/mol. The highest BCUT2D eigenvalue weighted by Gasteiger charge is 2.27. The van der Waals surface area contributed by atoms with E-state index in [1.165, 1.54) is 12.1 Å². The summed E-state index contributed by atoms with van der Waals surface area (Å²) in [7, 11) is -3.97. The Morgan fingerprint density at radius 1 is 0.971 bits per heavy atom. The topological polar surface area (TPSA) is 88.2 Å². The predicted octanol–water partition coefficient (Wildman–Crippen LogP) is 3.76. The Labute approximate surface area is 206 Å². The summed E-state index contributed by atoms with van der Waals surface area (Å²) in [5.41, 5.74) is 2.01. The highest BCUT2D eigenvalue weighted by atomic mass is 32.2. The smallest absolute Gasteiger partial charge is 0.264 e. The zero-order valence-corrected chi connectivity index (χ0v) is 20.4. The molecule has 1 saturated heterocycles. The van der Waals surface area contributed by atoms with Gasteiger partial charge in [-0.2, -0.15) is 0 Å². The maximum atomic E-state index is 13.5. The number of nitrogens with zero attached hydrogens (tertiary/aromatic N) is 2. The van der Waals surface area contributed by atoms with Gasteiger partial charge in [0.1, 0.15) is 12.3 Å². The van der Waals surface area contributed by atoms with Gasteiger partial charge in [0.25, 0.3) is 10.0 Å². The van der Waals surface area contributed by atoms with E-state index in [2.05, 4.69) is 10.2 Å². The predicted molar refractivity (Wildman–Crippen MR) is 137 cm³/mol. The number of carbonyl (C=O) groups is 1. The van der Waals surface area contributed by atoms with Crippen molar-refractivity contribution < 1.29 is 22.7 Å². The first-order chi connectivity index (χ1) is 17.0. The van der Waals surface area contributed by atoms with Gasteiger partial charge in [0.05, 0.1) is 30.4 Å². The molecule has 1 fully saturated rings. The van der Waals surface area contributed by atoms with E-state index in [0.717, 1.165) is 23.1 Å². The van der Waals surface area contributed by atoms with Gasteiger partial charge in [0.2, 0.25) is 5.91 Å². The maximum absolute atomic E-state index is 13.5. The van der Waals surface area contributed by atoms with Crippen LogP contribution in [0.1, 0.15) is 6.92 Å². The Morgan fingerprint density at radius 2 is 1.63 bits per heavy atom. The molecule has 0 aliphatic carbocycles. The number of carbonyl (C=O) groups excluding carboxylic acids is 1. The van der Waals surface area contributed by atoms with Gasteiger partial charge in [-0.25, -0.2) is 8.42 Å². The van der Waals surface area contributed by atoms with Crippen LogP contribution < -0.4 is 19.3 Å². The van der Waals surface area contributed by atoms with Crippen molar-refractivity contribution in [3.05, 3.63) is 78.9 Å². The number of morpholine rings is 1. The number of hydrogen-bond acceptors (Lipinski definition) is 6. The van der Waals surface area contributed by atoms with Gasteiger partial charge in [0.15, 0.2) is 0 Å². The first-order valence-electron chi connectivity index (χ1n) is 11.5. The molecule has 1 heterocycles. The lowest BCUT2D eigenvalue weighted by molar-refractivity contribution is -0.114. The van der Waals surface area contributed by atoms with Gasteiger partial charge in [-0.3, -0.25) is 9.10 Å². The van der Waals surface area contributed by atoms with Crippen molar-refractivity contribution in [1.29, 1.82) is 0 Å². The fourth-order valence-corrected chi connectivity index (χ4v) is 5.26. The lowest BCUT2D eigenvalue weighted by atomic mass is 10.2. The molecule has 1 N–H and O–H groups in total. The van der Waals surface area contributed by atoms with Crippen LogP contribution in [0.5, 0.6) is 5.75 Å². The van der Waals surface area contributed by atoms with Gasteiger partial charge in [-0.05, 0) is 67.6 Å². The van der Waals surface area contributed by atoms with Gasteiger partial charge in [-0.15, -0.1) is 0 Å². The lowest BCUT2D eigenvalue weighted by Crippen LogP contribution is -2.38. The first-order valence-corrected chi connectivity index (χ1v) is 12.9. The molecule has 3 aromatic rings. The standard InChI is InChI=1S/C26H29N3O5S/c1-2-34-24-14-12-23(13-15-24)29(35(31,32)25-6-4-3-5-7-25)20-26(30)27-21-8-10-22(11-9-21)28-16-18-33-19-17-28/h3-15H,2,16-20H2,1H3,(H,27,30). The van der Waals surface area contributed by atoms with E-state index in [1.54, 1.807) is 42.5 Å². The molecule has 0 spiro atoms. The third kappa shape index (κ3) is 6.12. The van der Waals surface area contributed by atoms with Gasteiger partial charge in [0, 0.05) is 24.5 Å². The minimum atomic E-state index is -3.97. The second-order valence-corrected chi connectivity index (χ2v) is 9.81. The van der Waals surface area contributed by atoms with E-state index in [9.17, 15) is 13.2 Å². The molecular weight excluding hydrogens is 466 g/mol. The van der Waals surface area contributed by atoms with Crippen LogP contribution in [0.25, 0.3) is 0 Å². The van der Waals surface area contributed by atoms with E-state index >= 15 is 0 Å². The number of nitrogens with one attached hydrogen (secondary N) is 1. The molecule has 0 unspecified atom stereocenters. The van der Waals surface area contributed by atoms with Crippen LogP contribution in [0.15, 0.2) is 83.8 Å². The molecule has 9 heteroatoms. The molecule has 0 radical (unpaired) electrons. The molecule has 1 aliphatic rings. The van der Waals surface area contributed by atoms with Crippen molar-refractivity contribution in [2.24, 2.45) is 0 Å². The largest absolute Gasteiger partial charge is 0.494 e. The highest BCUT2D eigenvalue weighted by molar-refractivity contribution is 7.92. The molecule has 1 amide bonds. The Morgan fingerprint density at radius 3 is 2.26 bits per heavy atom. The molecule has 0 atom stereocenters. The van der Waals surface area contributed by atoms with Crippen molar-refractivity contribution in [2.75, 3.05) is 54.0 Å². The highest BCUT2D eigenvalue weighted by Crippen LogP contribution is 2.26. The lowest BCUT2D eigenvalue weighted by Gasteiger charge is -2.29. The van der Waals surface area contributed by atoms with Crippen molar-refractivity contribution in [3.63, 3.8) is 0 Å². The summed E-state index contributed by atoms with van der Waals surface area (Å²) in [5, 5.41) is 2.81. The number of amides is 1. The molecule has 4 rings (SSSR count).